The van der Waals surface area contributed by atoms with Gasteiger partial charge in [0, 0.05) is 42.8 Å². The van der Waals surface area contributed by atoms with Crippen LogP contribution in [0, 0.1) is 22.5 Å². The van der Waals surface area contributed by atoms with Crippen LogP contribution in [0.4, 0.5) is 5.69 Å². The van der Waals surface area contributed by atoms with Gasteiger partial charge in [-0.2, -0.15) is 0 Å². The Morgan fingerprint density at radius 2 is 2.14 bits per heavy atom. The Labute approximate surface area is 130 Å². The van der Waals surface area contributed by atoms with Crippen molar-refractivity contribution in [3.05, 3.63) is 39.4 Å². The highest BCUT2D eigenvalue weighted by Gasteiger charge is 2.32. The number of ether oxygens (including phenoxy) is 1. The molecule has 6 heteroatoms. The summed E-state index contributed by atoms with van der Waals surface area (Å²) in [7, 11) is 0. The fourth-order valence-electron chi connectivity index (χ4n) is 2.98. The van der Waals surface area contributed by atoms with Gasteiger partial charge in [0.25, 0.3) is 5.69 Å². The number of hydrogen-bond donors (Lipinski definition) is 2. The summed E-state index contributed by atoms with van der Waals surface area (Å²) >= 11 is 0. The average Bonchev–Trinajstić information content (AvgIpc) is 2.53. The summed E-state index contributed by atoms with van der Waals surface area (Å²) in [5, 5.41) is 24.2. The molecule has 6 nitrogen and oxygen atoms in total. The zero-order valence-electron chi connectivity index (χ0n) is 13.2. The van der Waals surface area contributed by atoms with E-state index in [2.05, 4.69) is 5.32 Å². The molecule has 0 amide bonds. The number of nitro benzene ring substituents is 1. The zero-order chi connectivity index (χ0) is 16.2. The van der Waals surface area contributed by atoms with E-state index in [4.69, 9.17) is 4.74 Å². The second-order valence-corrected chi connectivity index (χ2v) is 6.12. The van der Waals surface area contributed by atoms with Crippen molar-refractivity contribution in [3.8, 4) is 0 Å². The fraction of sp³-hybridized carbons (Fsp3) is 0.625. The van der Waals surface area contributed by atoms with Gasteiger partial charge in [0.05, 0.1) is 11.5 Å². The van der Waals surface area contributed by atoms with Crippen LogP contribution in [-0.4, -0.2) is 36.4 Å². The van der Waals surface area contributed by atoms with Gasteiger partial charge in [-0.1, -0.05) is 12.1 Å². The Morgan fingerprint density at radius 1 is 1.45 bits per heavy atom. The van der Waals surface area contributed by atoms with E-state index in [1.54, 1.807) is 13.0 Å². The molecule has 1 aliphatic heterocycles. The van der Waals surface area contributed by atoms with Gasteiger partial charge in [-0.25, -0.2) is 0 Å². The van der Waals surface area contributed by atoms with Gasteiger partial charge in [0.2, 0.25) is 0 Å². The summed E-state index contributed by atoms with van der Waals surface area (Å²) in [5.74, 6) is 0. The number of aliphatic hydroxyl groups excluding tert-OH is 1. The Hall–Kier alpha value is -1.50. The molecule has 1 unspecified atom stereocenters. The number of nitrogens with one attached hydrogen (secondary N) is 1. The van der Waals surface area contributed by atoms with E-state index < -0.39 is 0 Å². The summed E-state index contributed by atoms with van der Waals surface area (Å²) in [6.07, 6.45) is 1.66. The number of rotatable bonds is 6. The van der Waals surface area contributed by atoms with Gasteiger partial charge in [0.1, 0.15) is 0 Å². The third-order valence-corrected chi connectivity index (χ3v) is 4.68. The topological polar surface area (TPSA) is 84.6 Å². The van der Waals surface area contributed by atoms with Crippen molar-refractivity contribution in [2.75, 3.05) is 26.4 Å². The van der Waals surface area contributed by atoms with Gasteiger partial charge in [-0.15, -0.1) is 0 Å². The van der Waals surface area contributed by atoms with Crippen molar-refractivity contribution in [1.82, 2.24) is 5.32 Å². The summed E-state index contributed by atoms with van der Waals surface area (Å²) in [6.45, 7) is 5.93. The van der Waals surface area contributed by atoms with Crippen molar-refractivity contribution in [2.45, 2.75) is 32.7 Å². The molecule has 1 saturated heterocycles. The van der Waals surface area contributed by atoms with Crippen LogP contribution in [-0.2, 0) is 4.74 Å². The molecule has 0 bridgehead atoms. The fourth-order valence-corrected chi connectivity index (χ4v) is 2.98. The van der Waals surface area contributed by atoms with Crippen LogP contribution in [0.2, 0.25) is 0 Å². The van der Waals surface area contributed by atoms with Crippen LogP contribution in [0.5, 0.6) is 0 Å². The van der Waals surface area contributed by atoms with Crippen LogP contribution >= 0.6 is 0 Å². The monoisotopic (exact) mass is 308 g/mol. The van der Waals surface area contributed by atoms with E-state index in [1.165, 1.54) is 6.07 Å². The average molecular weight is 308 g/mol. The Kier molecular flexibility index (Phi) is 5.50. The first-order valence-corrected chi connectivity index (χ1v) is 7.65. The first-order chi connectivity index (χ1) is 10.5. The molecule has 122 valence electrons. The highest BCUT2D eigenvalue weighted by Crippen LogP contribution is 2.31. The standard InChI is InChI=1S/C16H24N2O4/c1-12-14(4-3-5-15(12)18(20)21)13(2)17-10-16(11-19)6-8-22-9-7-16/h3-5,13,17,19H,6-11H2,1-2H3. The lowest BCUT2D eigenvalue weighted by molar-refractivity contribution is -0.385. The van der Waals surface area contributed by atoms with Crippen molar-refractivity contribution in [3.63, 3.8) is 0 Å². The Balaban J connectivity index is 2.07. The minimum absolute atomic E-state index is 0.00818. The molecule has 0 spiro atoms. The molecule has 1 aromatic carbocycles. The van der Waals surface area contributed by atoms with Gasteiger partial charge >= 0.3 is 0 Å². The molecule has 22 heavy (non-hydrogen) atoms. The third-order valence-electron chi connectivity index (χ3n) is 4.68. The van der Waals surface area contributed by atoms with Gasteiger partial charge in [-0.3, -0.25) is 10.1 Å². The van der Waals surface area contributed by atoms with Crippen LogP contribution in [0.3, 0.4) is 0 Å². The lowest BCUT2D eigenvalue weighted by Gasteiger charge is -2.36. The number of hydrogen-bond acceptors (Lipinski definition) is 5. The number of nitrogens with zero attached hydrogens (tertiary/aromatic N) is 1. The third kappa shape index (κ3) is 3.63. The van der Waals surface area contributed by atoms with Crippen molar-refractivity contribution in [2.24, 2.45) is 5.41 Å². The molecular formula is C16H24N2O4. The van der Waals surface area contributed by atoms with E-state index in [-0.39, 0.29) is 28.7 Å². The molecule has 1 aliphatic rings. The van der Waals surface area contributed by atoms with Gasteiger partial charge < -0.3 is 15.2 Å². The molecule has 0 saturated carbocycles. The zero-order valence-corrected chi connectivity index (χ0v) is 13.2. The molecule has 0 radical (unpaired) electrons. The van der Waals surface area contributed by atoms with Crippen LogP contribution in [0.1, 0.15) is 36.9 Å². The van der Waals surface area contributed by atoms with Gasteiger partial charge in [-0.05, 0) is 32.3 Å². The molecule has 0 aliphatic carbocycles. The molecule has 1 aromatic rings. The van der Waals surface area contributed by atoms with E-state index in [1.807, 2.05) is 13.0 Å². The van der Waals surface area contributed by atoms with E-state index >= 15 is 0 Å². The highest BCUT2D eigenvalue weighted by atomic mass is 16.6. The predicted molar refractivity (Wildman–Crippen MR) is 83.8 cm³/mol. The minimum Gasteiger partial charge on any atom is -0.396 e. The lowest BCUT2D eigenvalue weighted by Crippen LogP contribution is -2.42. The van der Waals surface area contributed by atoms with Crippen LogP contribution in [0.15, 0.2) is 18.2 Å². The Bertz CT molecular complexity index is 527. The van der Waals surface area contributed by atoms with E-state index in [9.17, 15) is 15.2 Å². The number of nitro groups is 1. The molecule has 0 aromatic heterocycles. The van der Waals surface area contributed by atoms with Crippen LogP contribution < -0.4 is 5.32 Å². The van der Waals surface area contributed by atoms with Gasteiger partial charge in [0.15, 0.2) is 0 Å². The molecule has 1 heterocycles. The lowest BCUT2D eigenvalue weighted by atomic mass is 9.80. The second kappa shape index (κ2) is 7.17. The van der Waals surface area contributed by atoms with E-state index in [0.29, 0.717) is 25.3 Å². The van der Waals surface area contributed by atoms with Crippen LogP contribution in [0.25, 0.3) is 0 Å². The summed E-state index contributed by atoms with van der Waals surface area (Å²) < 4.78 is 5.37. The maximum Gasteiger partial charge on any atom is 0.272 e. The largest absolute Gasteiger partial charge is 0.396 e. The highest BCUT2D eigenvalue weighted by molar-refractivity contribution is 5.45. The molecule has 1 atom stereocenters. The quantitative estimate of drug-likeness (QED) is 0.622. The summed E-state index contributed by atoms with van der Waals surface area (Å²) in [5.41, 5.74) is 1.61. The van der Waals surface area contributed by atoms with Crippen molar-refractivity contribution < 1.29 is 14.8 Å². The van der Waals surface area contributed by atoms with E-state index in [0.717, 1.165) is 18.4 Å². The second-order valence-electron chi connectivity index (χ2n) is 6.12. The minimum atomic E-state index is -0.348. The molecular weight excluding hydrogens is 284 g/mol. The number of benzene rings is 1. The SMILES string of the molecule is Cc1c(C(C)NCC2(CO)CCOCC2)cccc1[N+](=O)[O-]. The predicted octanol–water partition coefficient (Wildman–Crippen LogP) is 2.34. The first-order valence-electron chi connectivity index (χ1n) is 7.65. The molecule has 1 fully saturated rings. The molecule has 2 rings (SSSR count). The normalized spacial score (nSPS) is 18.9. The maximum atomic E-state index is 11.0. The number of aliphatic hydroxyl groups is 1. The Morgan fingerprint density at radius 3 is 2.73 bits per heavy atom. The van der Waals surface area contributed by atoms with Crippen molar-refractivity contribution >= 4 is 5.69 Å². The summed E-state index contributed by atoms with van der Waals surface area (Å²) in [4.78, 5) is 10.7. The smallest absolute Gasteiger partial charge is 0.272 e. The summed E-state index contributed by atoms with van der Waals surface area (Å²) in [6, 6.07) is 5.15. The molecule has 2 N–H and O–H groups in total. The maximum absolute atomic E-state index is 11.0. The van der Waals surface area contributed by atoms with Crippen molar-refractivity contribution in [1.29, 1.82) is 0 Å². The first kappa shape index (κ1) is 16.9.